The van der Waals surface area contributed by atoms with Crippen LogP contribution in [0.1, 0.15) is 0 Å². The van der Waals surface area contributed by atoms with E-state index < -0.39 is 0 Å². The molecule has 0 aliphatic rings. The molecule has 0 aliphatic carbocycles. The van der Waals surface area contributed by atoms with E-state index in [0.29, 0.717) is 6.54 Å². The Morgan fingerprint density at radius 2 is 1.79 bits per heavy atom. The molecule has 0 aromatic heterocycles. The maximum Gasteiger partial charge on any atom is 0.175 e. The molecule has 1 aromatic rings. The lowest BCUT2D eigenvalue weighted by Gasteiger charge is -2.21. The van der Waals surface area contributed by atoms with Crippen molar-refractivity contribution >= 4 is 28.6 Å². The molecule has 0 fully saturated rings. The van der Waals surface area contributed by atoms with Crippen LogP contribution in [0.5, 0.6) is 0 Å². The van der Waals surface area contributed by atoms with Crippen LogP contribution < -0.4 is 3.11 Å². The van der Waals surface area contributed by atoms with Gasteiger partial charge >= 0.3 is 0 Å². The second kappa shape index (κ2) is 6.21. The van der Waals surface area contributed by atoms with Crippen molar-refractivity contribution in [2.75, 3.05) is 23.9 Å². The predicted molar refractivity (Wildman–Crippen MR) is 65.6 cm³/mol. The molecule has 78 valence electrons. The van der Waals surface area contributed by atoms with Gasteiger partial charge in [-0.2, -0.15) is 0 Å². The molecule has 1 aromatic carbocycles. The minimum Gasteiger partial charge on any atom is -0.354 e. The van der Waals surface area contributed by atoms with Crippen LogP contribution in [0, 0.1) is 0 Å². The first kappa shape index (κ1) is 11.7. The minimum absolute atomic E-state index is 0.188. The summed E-state index contributed by atoms with van der Waals surface area (Å²) in [4.78, 5) is 0. The first-order valence-electron chi connectivity index (χ1n) is 4.32. The van der Waals surface area contributed by atoms with Crippen molar-refractivity contribution < 1.29 is 9.47 Å². The number of para-hydroxylation sites is 1. The number of hydrogen-bond donors (Lipinski definition) is 0. The van der Waals surface area contributed by atoms with Crippen LogP contribution >= 0.6 is 22.9 Å². The minimum atomic E-state index is -0.188. The lowest BCUT2D eigenvalue weighted by molar-refractivity contribution is -0.0926. The molecular weight excluding hydrogens is 293 g/mol. The molecule has 3 nitrogen and oxygen atoms in total. The van der Waals surface area contributed by atoms with Crippen LogP contribution in [0.3, 0.4) is 0 Å². The summed E-state index contributed by atoms with van der Waals surface area (Å²) >= 11 is 2.24. The van der Waals surface area contributed by atoms with Gasteiger partial charge in [0.05, 0.1) is 29.4 Å². The molecule has 0 radical (unpaired) electrons. The van der Waals surface area contributed by atoms with Crippen LogP contribution in [-0.4, -0.2) is 27.1 Å². The van der Waals surface area contributed by atoms with Gasteiger partial charge < -0.3 is 12.6 Å². The average Bonchev–Trinajstić information content (AvgIpc) is 2.26. The zero-order valence-electron chi connectivity index (χ0n) is 8.31. The van der Waals surface area contributed by atoms with Crippen LogP contribution in [0.25, 0.3) is 0 Å². The van der Waals surface area contributed by atoms with Gasteiger partial charge in [-0.3, -0.25) is 0 Å². The van der Waals surface area contributed by atoms with E-state index in [1.54, 1.807) is 14.2 Å². The summed E-state index contributed by atoms with van der Waals surface area (Å²) in [7, 11) is 3.28. The van der Waals surface area contributed by atoms with E-state index >= 15 is 0 Å². The lowest BCUT2D eigenvalue weighted by Crippen LogP contribution is -2.27. The van der Waals surface area contributed by atoms with E-state index in [2.05, 4.69) is 38.1 Å². The Morgan fingerprint density at radius 1 is 1.21 bits per heavy atom. The van der Waals surface area contributed by atoms with Gasteiger partial charge in [-0.15, -0.1) is 0 Å². The van der Waals surface area contributed by atoms with Gasteiger partial charge in [0.15, 0.2) is 6.29 Å². The maximum atomic E-state index is 5.12. The van der Waals surface area contributed by atoms with E-state index in [1.807, 2.05) is 18.2 Å². The van der Waals surface area contributed by atoms with Gasteiger partial charge in [-0.05, 0) is 12.1 Å². The Bertz CT molecular complexity index is 252. The van der Waals surface area contributed by atoms with Crippen molar-refractivity contribution in [3.63, 3.8) is 0 Å². The van der Waals surface area contributed by atoms with Crippen LogP contribution in [0.15, 0.2) is 30.3 Å². The third kappa shape index (κ3) is 3.43. The summed E-state index contributed by atoms with van der Waals surface area (Å²) in [5.74, 6) is 0. The largest absolute Gasteiger partial charge is 0.354 e. The molecule has 0 N–H and O–H groups in total. The van der Waals surface area contributed by atoms with E-state index in [1.165, 1.54) is 0 Å². The van der Waals surface area contributed by atoms with Gasteiger partial charge in [0.1, 0.15) is 0 Å². The van der Waals surface area contributed by atoms with Crippen molar-refractivity contribution in [3.8, 4) is 0 Å². The quantitative estimate of drug-likeness (QED) is 0.474. The first-order valence-corrected chi connectivity index (χ1v) is 5.28. The molecule has 0 saturated heterocycles. The molecule has 1 rings (SSSR count). The molecule has 4 heteroatoms. The fraction of sp³-hybridized carbons (Fsp3) is 0.400. The zero-order valence-corrected chi connectivity index (χ0v) is 10.5. The Morgan fingerprint density at radius 3 is 2.29 bits per heavy atom. The number of methoxy groups -OCH3 is 2. The number of ether oxygens (including phenoxy) is 2. The second-order valence-corrected chi connectivity index (χ2v) is 3.95. The summed E-state index contributed by atoms with van der Waals surface area (Å²) in [6.45, 7) is 0.706. The normalized spacial score (nSPS) is 10.6. The van der Waals surface area contributed by atoms with Gasteiger partial charge in [0.2, 0.25) is 0 Å². The summed E-state index contributed by atoms with van der Waals surface area (Å²) in [6, 6.07) is 10.1. The van der Waals surface area contributed by atoms with Gasteiger partial charge in [0, 0.05) is 19.9 Å². The highest BCUT2D eigenvalue weighted by atomic mass is 127. The highest BCUT2D eigenvalue weighted by Crippen LogP contribution is 2.18. The fourth-order valence-electron chi connectivity index (χ4n) is 1.07. The van der Waals surface area contributed by atoms with E-state index in [-0.39, 0.29) is 6.29 Å². The monoisotopic (exact) mass is 307 g/mol. The number of hydrogen-bond acceptors (Lipinski definition) is 3. The molecule has 14 heavy (non-hydrogen) atoms. The summed E-state index contributed by atoms with van der Waals surface area (Å²) in [5.41, 5.74) is 1.15. The number of benzene rings is 1. The average molecular weight is 307 g/mol. The molecule has 0 heterocycles. The zero-order chi connectivity index (χ0) is 10.4. The van der Waals surface area contributed by atoms with E-state index in [4.69, 9.17) is 9.47 Å². The fourth-order valence-corrected chi connectivity index (χ4v) is 1.71. The first-order chi connectivity index (χ1) is 6.77. The maximum absolute atomic E-state index is 5.12. The Labute approximate surface area is 98.5 Å². The van der Waals surface area contributed by atoms with Crippen LogP contribution in [-0.2, 0) is 9.47 Å². The predicted octanol–water partition coefficient (Wildman–Crippen LogP) is 2.46. The number of nitrogens with zero attached hydrogens (tertiary/aromatic N) is 1. The van der Waals surface area contributed by atoms with Gasteiger partial charge in [-0.25, -0.2) is 0 Å². The highest BCUT2D eigenvalue weighted by Gasteiger charge is 2.10. The SMILES string of the molecule is COC(CN(I)c1ccccc1)OC. The topological polar surface area (TPSA) is 21.7 Å². The van der Waals surface area contributed by atoms with Crippen LogP contribution in [0.4, 0.5) is 5.69 Å². The molecule has 0 atom stereocenters. The highest BCUT2D eigenvalue weighted by molar-refractivity contribution is 14.1. The molecule has 0 spiro atoms. The van der Waals surface area contributed by atoms with Crippen molar-refractivity contribution in [2.24, 2.45) is 0 Å². The van der Waals surface area contributed by atoms with E-state index in [9.17, 15) is 0 Å². The number of rotatable bonds is 5. The summed E-state index contributed by atoms with van der Waals surface area (Å²) in [6.07, 6.45) is -0.188. The third-order valence-corrected chi connectivity index (χ3v) is 2.82. The Balaban J connectivity index is 2.54. The molecule has 0 unspecified atom stereocenters. The number of halogens is 1. The Kier molecular flexibility index (Phi) is 5.21. The van der Waals surface area contributed by atoms with E-state index in [0.717, 1.165) is 5.69 Å². The smallest absolute Gasteiger partial charge is 0.175 e. The molecule has 0 bridgehead atoms. The molecule has 0 amide bonds. The van der Waals surface area contributed by atoms with Crippen molar-refractivity contribution in [1.29, 1.82) is 0 Å². The number of anilines is 1. The third-order valence-electron chi connectivity index (χ3n) is 1.87. The standard InChI is InChI=1S/C10H14INO2/c1-13-10(14-2)8-12(11)9-6-4-3-5-7-9/h3-7,10H,8H2,1-2H3. The summed E-state index contributed by atoms with van der Waals surface area (Å²) in [5, 5.41) is 0. The molecule has 0 saturated carbocycles. The van der Waals surface area contributed by atoms with Gasteiger partial charge in [-0.1, -0.05) is 18.2 Å². The van der Waals surface area contributed by atoms with Crippen LogP contribution in [0.2, 0.25) is 0 Å². The summed E-state index contributed by atoms with van der Waals surface area (Å²) < 4.78 is 12.3. The van der Waals surface area contributed by atoms with Crippen molar-refractivity contribution in [1.82, 2.24) is 0 Å². The Hall–Kier alpha value is -0.330. The van der Waals surface area contributed by atoms with Crippen molar-refractivity contribution in [3.05, 3.63) is 30.3 Å². The second-order valence-electron chi connectivity index (χ2n) is 2.78. The molecular formula is C10H14INO2. The lowest BCUT2D eigenvalue weighted by atomic mass is 10.3. The van der Waals surface area contributed by atoms with Gasteiger partial charge in [0.25, 0.3) is 0 Å². The molecule has 0 aliphatic heterocycles. The van der Waals surface area contributed by atoms with Crippen molar-refractivity contribution in [2.45, 2.75) is 6.29 Å².